The molecule has 1 unspecified atom stereocenters. The van der Waals surface area contributed by atoms with Gasteiger partial charge in [-0.1, -0.05) is 0 Å². The average molecular weight is 257 g/mol. The van der Waals surface area contributed by atoms with Gasteiger partial charge in [0.2, 0.25) is 5.91 Å². The highest BCUT2D eigenvalue weighted by atomic mass is 16.4. The number of nitrogens with zero attached hydrogens (tertiary/aromatic N) is 2. The first-order valence-electron chi connectivity index (χ1n) is 6.45. The maximum absolute atomic E-state index is 11.8. The van der Waals surface area contributed by atoms with Crippen LogP contribution in [0.2, 0.25) is 0 Å². The largest absolute Gasteiger partial charge is 0.480 e. The molecule has 2 N–H and O–H groups in total. The van der Waals surface area contributed by atoms with Crippen LogP contribution in [0.3, 0.4) is 0 Å². The van der Waals surface area contributed by atoms with Gasteiger partial charge < -0.3 is 15.3 Å². The van der Waals surface area contributed by atoms with E-state index < -0.39 is 12.0 Å². The van der Waals surface area contributed by atoms with Crippen molar-refractivity contribution >= 4 is 11.9 Å². The van der Waals surface area contributed by atoms with Crippen molar-refractivity contribution in [2.45, 2.75) is 25.8 Å². The number of carbonyl (C=O) groups is 2. The Kier molecular flexibility index (Phi) is 6.07. The van der Waals surface area contributed by atoms with Crippen LogP contribution < -0.4 is 5.32 Å². The molecule has 0 aromatic rings. The Morgan fingerprint density at radius 3 is 2.39 bits per heavy atom. The summed E-state index contributed by atoms with van der Waals surface area (Å²) in [6.45, 7) is 5.09. The van der Waals surface area contributed by atoms with Crippen LogP contribution in [0.4, 0.5) is 0 Å². The Hall–Kier alpha value is -1.14. The molecule has 6 nitrogen and oxygen atoms in total. The van der Waals surface area contributed by atoms with Gasteiger partial charge in [0.15, 0.2) is 0 Å². The fourth-order valence-electron chi connectivity index (χ4n) is 2.09. The summed E-state index contributed by atoms with van der Waals surface area (Å²) in [6, 6.07) is -0.466. The molecule has 0 spiro atoms. The lowest BCUT2D eigenvalue weighted by Gasteiger charge is -2.36. The molecule has 1 rings (SSSR count). The highest BCUT2D eigenvalue weighted by molar-refractivity contribution is 5.76. The van der Waals surface area contributed by atoms with E-state index in [0.29, 0.717) is 32.6 Å². The molecule has 1 atom stereocenters. The van der Waals surface area contributed by atoms with Gasteiger partial charge in [-0.2, -0.15) is 0 Å². The third-order valence-electron chi connectivity index (χ3n) is 3.39. The number of rotatable bonds is 6. The number of piperazine rings is 1. The van der Waals surface area contributed by atoms with Crippen LogP contribution in [0, 0.1) is 0 Å². The van der Waals surface area contributed by atoms with E-state index in [2.05, 4.69) is 5.32 Å². The van der Waals surface area contributed by atoms with Gasteiger partial charge >= 0.3 is 5.97 Å². The summed E-state index contributed by atoms with van der Waals surface area (Å²) >= 11 is 0. The van der Waals surface area contributed by atoms with Crippen LogP contribution in [0.1, 0.15) is 19.8 Å². The maximum atomic E-state index is 11.8. The highest BCUT2D eigenvalue weighted by Gasteiger charge is 2.26. The number of hydrogen-bond donors (Lipinski definition) is 2. The number of carboxylic acids is 1. The van der Waals surface area contributed by atoms with Crippen LogP contribution in [0.15, 0.2) is 0 Å². The topological polar surface area (TPSA) is 72.9 Å². The number of carbonyl (C=O) groups excluding carboxylic acids is 1. The molecule has 0 aliphatic carbocycles. The van der Waals surface area contributed by atoms with Gasteiger partial charge in [-0.25, -0.2) is 0 Å². The fraction of sp³-hybridized carbons (Fsp3) is 0.833. The lowest BCUT2D eigenvalue weighted by molar-refractivity contribution is -0.144. The molecule has 0 saturated carbocycles. The molecule has 104 valence electrons. The van der Waals surface area contributed by atoms with Crippen molar-refractivity contribution in [1.29, 1.82) is 0 Å². The average Bonchev–Trinajstić information content (AvgIpc) is 2.38. The zero-order chi connectivity index (χ0) is 13.5. The molecule has 6 heteroatoms. The lowest BCUT2D eigenvalue weighted by Crippen LogP contribution is -2.53. The van der Waals surface area contributed by atoms with Crippen LogP contribution >= 0.6 is 0 Å². The number of aliphatic carboxylic acids is 1. The zero-order valence-corrected chi connectivity index (χ0v) is 11.2. The molecule has 0 aromatic carbocycles. The normalized spacial score (nSPS) is 18.7. The summed E-state index contributed by atoms with van der Waals surface area (Å²) < 4.78 is 0. The van der Waals surface area contributed by atoms with Gasteiger partial charge in [-0.15, -0.1) is 0 Å². The Labute approximate surface area is 108 Å². The van der Waals surface area contributed by atoms with E-state index in [4.69, 9.17) is 5.11 Å². The molecule has 1 heterocycles. The molecular weight excluding hydrogens is 234 g/mol. The van der Waals surface area contributed by atoms with Gasteiger partial charge in [0, 0.05) is 32.6 Å². The summed E-state index contributed by atoms with van der Waals surface area (Å²) in [7, 11) is 1.87. The van der Waals surface area contributed by atoms with Crippen molar-refractivity contribution in [3.63, 3.8) is 0 Å². The first-order valence-corrected chi connectivity index (χ1v) is 6.45. The van der Waals surface area contributed by atoms with Crippen molar-refractivity contribution in [1.82, 2.24) is 15.1 Å². The predicted molar refractivity (Wildman–Crippen MR) is 68.4 cm³/mol. The van der Waals surface area contributed by atoms with Crippen molar-refractivity contribution in [3.05, 3.63) is 0 Å². The van der Waals surface area contributed by atoms with E-state index in [1.165, 1.54) is 0 Å². The monoisotopic (exact) mass is 257 g/mol. The van der Waals surface area contributed by atoms with Gasteiger partial charge in [0.1, 0.15) is 6.04 Å². The van der Waals surface area contributed by atoms with Crippen LogP contribution in [0.5, 0.6) is 0 Å². The molecule has 1 fully saturated rings. The Morgan fingerprint density at radius 2 is 1.89 bits per heavy atom. The van der Waals surface area contributed by atoms with Crippen LogP contribution in [0.25, 0.3) is 0 Å². The quantitative estimate of drug-likeness (QED) is 0.634. The summed E-state index contributed by atoms with van der Waals surface area (Å²) in [5.74, 6) is -0.628. The third-order valence-corrected chi connectivity index (χ3v) is 3.39. The standard InChI is InChI=1S/C12H23N3O3/c1-10(12(17)18)14-6-8-15(9-7-14)11(16)4-3-5-13-2/h10,13H,3-9H2,1-2H3,(H,17,18). The minimum Gasteiger partial charge on any atom is -0.480 e. The third kappa shape index (κ3) is 4.27. The van der Waals surface area contributed by atoms with E-state index in [1.807, 2.05) is 16.8 Å². The first kappa shape index (κ1) is 14.9. The molecule has 0 aromatic heterocycles. The Bertz CT molecular complexity index is 288. The second kappa shape index (κ2) is 7.33. The molecule has 18 heavy (non-hydrogen) atoms. The SMILES string of the molecule is CNCCCC(=O)N1CCN(C(C)C(=O)O)CC1. The van der Waals surface area contributed by atoms with Crippen LogP contribution in [-0.2, 0) is 9.59 Å². The molecule has 0 radical (unpaired) electrons. The Morgan fingerprint density at radius 1 is 1.28 bits per heavy atom. The predicted octanol–water partition coefficient (Wildman–Crippen LogP) is -0.397. The molecule has 1 saturated heterocycles. The first-order chi connectivity index (χ1) is 8.56. The smallest absolute Gasteiger partial charge is 0.320 e. The van der Waals surface area contributed by atoms with E-state index >= 15 is 0 Å². The lowest BCUT2D eigenvalue weighted by atomic mass is 10.2. The van der Waals surface area contributed by atoms with Crippen molar-refractivity contribution < 1.29 is 14.7 Å². The number of nitrogens with one attached hydrogen (secondary N) is 1. The van der Waals surface area contributed by atoms with Crippen molar-refractivity contribution in [2.75, 3.05) is 39.8 Å². The molecule has 0 bridgehead atoms. The molecular formula is C12H23N3O3. The highest BCUT2D eigenvalue weighted by Crippen LogP contribution is 2.08. The Balaban J connectivity index is 2.30. The molecule has 1 aliphatic rings. The summed E-state index contributed by atoms with van der Waals surface area (Å²) in [5, 5.41) is 11.9. The summed E-state index contributed by atoms with van der Waals surface area (Å²) in [4.78, 5) is 26.4. The molecule has 1 amide bonds. The van der Waals surface area contributed by atoms with E-state index in [1.54, 1.807) is 6.92 Å². The summed E-state index contributed by atoms with van der Waals surface area (Å²) in [6.07, 6.45) is 1.41. The number of amides is 1. The molecule has 1 aliphatic heterocycles. The van der Waals surface area contributed by atoms with E-state index in [-0.39, 0.29) is 5.91 Å². The number of hydrogen-bond acceptors (Lipinski definition) is 4. The minimum absolute atomic E-state index is 0.174. The van der Waals surface area contributed by atoms with E-state index in [0.717, 1.165) is 13.0 Å². The van der Waals surface area contributed by atoms with Gasteiger partial charge in [-0.05, 0) is 26.9 Å². The fourth-order valence-corrected chi connectivity index (χ4v) is 2.09. The second-order valence-corrected chi connectivity index (χ2v) is 4.64. The zero-order valence-electron chi connectivity index (χ0n) is 11.2. The van der Waals surface area contributed by atoms with E-state index in [9.17, 15) is 9.59 Å². The minimum atomic E-state index is -0.802. The van der Waals surface area contributed by atoms with Crippen molar-refractivity contribution in [3.8, 4) is 0 Å². The second-order valence-electron chi connectivity index (χ2n) is 4.64. The number of carboxylic acid groups (broad SMARTS) is 1. The van der Waals surface area contributed by atoms with Gasteiger partial charge in [0.25, 0.3) is 0 Å². The van der Waals surface area contributed by atoms with Crippen LogP contribution in [-0.4, -0.2) is 72.6 Å². The summed E-state index contributed by atoms with van der Waals surface area (Å²) in [5.41, 5.74) is 0. The van der Waals surface area contributed by atoms with Gasteiger partial charge in [0.05, 0.1) is 0 Å². The van der Waals surface area contributed by atoms with Crippen molar-refractivity contribution in [2.24, 2.45) is 0 Å². The maximum Gasteiger partial charge on any atom is 0.320 e. The van der Waals surface area contributed by atoms with Gasteiger partial charge in [-0.3, -0.25) is 14.5 Å².